The van der Waals surface area contributed by atoms with Crippen LogP contribution in [-0.4, -0.2) is 35.5 Å². The Hall–Kier alpha value is -1.30. The minimum absolute atomic E-state index is 0.0400. The lowest BCUT2D eigenvalue weighted by Crippen LogP contribution is -2.36. The normalized spacial score (nSPS) is 12.0. The van der Waals surface area contributed by atoms with Crippen molar-refractivity contribution >= 4 is 23.5 Å². The number of anilines is 1. The van der Waals surface area contributed by atoms with Gasteiger partial charge >= 0.3 is 0 Å². The van der Waals surface area contributed by atoms with E-state index in [-0.39, 0.29) is 23.3 Å². The summed E-state index contributed by atoms with van der Waals surface area (Å²) in [6, 6.07) is 1.46. The predicted molar refractivity (Wildman–Crippen MR) is 82.9 cm³/mol. The van der Waals surface area contributed by atoms with Crippen molar-refractivity contribution in [3.63, 3.8) is 0 Å². The first-order valence-electron chi connectivity index (χ1n) is 6.82. The van der Waals surface area contributed by atoms with Gasteiger partial charge < -0.3 is 10.6 Å². The molecule has 0 saturated carbocycles. The molecule has 0 aliphatic carbocycles. The minimum Gasteiger partial charge on any atom is -0.368 e. The highest BCUT2D eigenvalue weighted by Crippen LogP contribution is 2.15. The van der Waals surface area contributed by atoms with Gasteiger partial charge in [-0.05, 0) is 25.2 Å². The van der Waals surface area contributed by atoms with Gasteiger partial charge in [-0.25, -0.2) is 9.37 Å². The SMILES string of the molecule is CCCNc1nccc(C(=O)NC(CC)CSC)c1F. The van der Waals surface area contributed by atoms with E-state index in [0.29, 0.717) is 6.54 Å². The maximum Gasteiger partial charge on any atom is 0.254 e. The molecule has 0 saturated heterocycles. The maximum atomic E-state index is 14.2. The van der Waals surface area contributed by atoms with E-state index in [1.54, 1.807) is 11.8 Å². The van der Waals surface area contributed by atoms with Crippen molar-refractivity contribution in [2.24, 2.45) is 0 Å². The average Bonchev–Trinajstić information content (AvgIpc) is 2.45. The molecule has 6 heteroatoms. The van der Waals surface area contributed by atoms with E-state index in [1.807, 2.05) is 20.1 Å². The van der Waals surface area contributed by atoms with Gasteiger partial charge in [-0.2, -0.15) is 11.8 Å². The van der Waals surface area contributed by atoms with Crippen LogP contribution in [0, 0.1) is 5.82 Å². The largest absolute Gasteiger partial charge is 0.368 e. The highest BCUT2D eigenvalue weighted by atomic mass is 32.2. The van der Waals surface area contributed by atoms with Crippen molar-refractivity contribution in [2.75, 3.05) is 23.9 Å². The Morgan fingerprint density at radius 2 is 2.25 bits per heavy atom. The van der Waals surface area contributed by atoms with Gasteiger partial charge in [0.15, 0.2) is 11.6 Å². The Bertz CT molecular complexity index is 442. The Balaban J connectivity index is 2.82. The summed E-state index contributed by atoms with van der Waals surface area (Å²) < 4.78 is 14.2. The molecule has 20 heavy (non-hydrogen) atoms. The number of pyridine rings is 1. The standard InChI is InChI=1S/C14H22FN3OS/c1-4-7-16-13-12(15)11(6-8-17-13)14(19)18-10(5-2)9-20-3/h6,8,10H,4-5,7,9H2,1-3H3,(H,16,17)(H,18,19). The molecule has 0 aliphatic heterocycles. The van der Waals surface area contributed by atoms with Crippen LogP contribution in [0.4, 0.5) is 10.2 Å². The Kier molecular flexibility index (Phi) is 7.36. The molecule has 0 spiro atoms. The summed E-state index contributed by atoms with van der Waals surface area (Å²) in [5.74, 6) is -0.0178. The van der Waals surface area contributed by atoms with Crippen molar-refractivity contribution in [3.05, 3.63) is 23.6 Å². The van der Waals surface area contributed by atoms with Gasteiger partial charge in [-0.1, -0.05) is 13.8 Å². The van der Waals surface area contributed by atoms with Crippen molar-refractivity contribution in [2.45, 2.75) is 32.7 Å². The summed E-state index contributed by atoms with van der Waals surface area (Å²) in [5, 5.41) is 5.73. The van der Waals surface area contributed by atoms with Crippen molar-refractivity contribution in [1.82, 2.24) is 10.3 Å². The van der Waals surface area contributed by atoms with Crippen LogP contribution in [0.1, 0.15) is 37.0 Å². The highest BCUT2D eigenvalue weighted by Gasteiger charge is 2.18. The molecular formula is C14H22FN3OS. The lowest BCUT2D eigenvalue weighted by molar-refractivity contribution is 0.0936. The molecule has 0 bridgehead atoms. The number of thioether (sulfide) groups is 1. The maximum absolute atomic E-state index is 14.2. The smallest absolute Gasteiger partial charge is 0.254 e. The number of rotatable bonds is 8. The van der Waals surface area contributed by atoms with Crippen molar-refractivity contribution in [3.8, 4) is 0 Å². The molecule has 0 aromatic carbocycles. The number of nitrogens with zero attached hydrogens (tertiary/aromatic N) is 1. The summed E-state index contributed by atoms with van der Waals surface area (Å²) in [4.78, 5) is 16.0. The third kappa shape index (κ3) is 4.67. The zero-order valence-electron chi connectivity index (χ0n) is 12.2. The van der Waals surface area contributed by atoms with E-state index in [1.165, 1.54) is 12.3 Å². The topological polar surface area (TPSA) is 54.0 Å². The number of amides is 1. The molecule has 1 rings (SSSR count). The number of carbonyl (C=O) groups excluding carboxylic acids is 1. The summed E-state index contributed by atoms with van der Waals surface area (Å²) in [5.41, 5.74) is 0.0400. The molecule has 4 nitrogen and oxygen atoms in total. The number of nitrogens with one attached hydrogen (secondary N) is 2. The van der Waals surface area contributed by atoms with Crippen LogP contribution in [-0.2, 0) is 0 Å². The number of aromatic nitrogens is 1. The van der Waals surface area contributed by atoms with Gasteiger partial charge in [-0.3, -0.25) is 4.79 Å². The van der Waals surface area contributed by atoms with Crippen LogP contribution in [0.5, 0.6) is 0 Å². The molecule has 1 heterocycles. The van der Waals surface area contributed by atoms with E-state index in [0.717, 1.165) is 18.6 Å². The summed E-state index contributed by atoms with van der Waals surface area (Å²) in [6.07, 6.45) is 5.11. The number of halogens is 1. The molecule has 0 aliphatic rings. The first-order chi connectivity index (χ1) is 9.63. The first-order valence-corrected chi connectivity index (χ1v) is 8.21. The van der Waals surface area contributed by atoms with E-state index in [2.05, 4.69) is 15.6 Å². The highest BCUT2D eigenvalue weighted by molar-refractivity contribution is 7.98. The second-order valence-corrected chi connectivity index (χ2v) is 5.39. The number of hydrogen-bond acceptors (Lipinski definition) is 4. The minimum atomic E-state index is -0.586. The Labute approximate surface area is 123 Å². The van der Waals surface area contributed by atoms with E-state index >= 15 is 0 Å². The van der Waals surface area contributed by atoms with E-state index in [4.69, 9.17) is 0 Å². The zero-order chi connectivity index (χ0) is 15.0. The second-order valence-electron chi connectivity index (χ2n) is 4.48. The summed E-state index contributed by atoms with van der Waals surface area (Å²) in [7, 11) is 0. The van der Waals surface area contributed by atoms with Crippen LogP contribution in [0.3, 0.4) is 0 Å². The molecule has 1 aromatic heterocycles. The second kappa shape index (κ2) is 8.79. The van der Waals surface area contributed by atoms with Crippen LogP contribution in [0.2, 0.25) is 0 Å². The molecule has 1 unspecified atom stereocenters. The van der Waals surface area contributed by atoms with E-state index in [9.17, 15) is 9.18 Å². The summed E-state index contributed by atoms with van der Waals surface area (Å²) in [6.45, 7) is 4.60. The van der Waals surface area contributed by atoms with Crippen LogP contribution >= 0.6 is 11.8 Å². The van der Waals surface area contributed by atoms with Gasteiger partial charge in [0.2, 0.25) is 0 Å². The van der Waals surface area contributed by atoms with Crippen LogP contribution in [0.15, 0.2) is 12.3 Å². The molecule has 1 aromatic rings. The molecule has 112 valence electrons. The van der Waals surface area contributed by atoms with Crippen LogP contribution in [0.25, 0.3) is 0 Å². The molecule has 0 fully saturated rings. The van der Waals surface area contributed by atoms with Gasteiger partial charge in [-0.15, -0.1) is 0 Å². The number of hydrogen-bond donors (Lipinski definition) is 2. The third-order valence-electron chi connectivity index (χ3n) is 2.87. The predicted octanol–water partition coefficient (Wildman–Crippen LogP) is 2.91. The zero-order valence-corrected chi connectivity index (χ0v) is 13.0. The molecular weight excluding hydrogens is 277 g/mol. The molecule has 2 N–H and O–H groups in total. The van der Waals surface area contributed by atoms with Crippen LogP contribution < -0.4 is 10.6 Å². The fourth-order valence-corrected chi connectivity index (χ4v) is 2.43. The lowest BCUT2D eigenvalue weighted by Gasteiger charge is -2.16. The Morgan fingerprint density at radius 3 is 2.85 bits per heavy atom. The lowest BCUT2D eigenvalue weighted by atomic mass is 10.2. The fraction of sp³-hybridized carbons (Fsp3) is 0.571. The quantitative estimate of drug-likeness (QED) is 0.775. The molecule has 1 atom stereocenters. The van der Waals surface area contributed by atoms with Gasteiger partial charge in [0.1, 0.15) is 0 Å². The van der Waals surface area contributed by atoms with Gasteiger partial charge in [0.05, 0.1) is 5.56 Å². The number of carbonyl (C=O) groups is 1. The average molecular weight is 299 g/mol. The Morgan fingerprint density at radius 1 is 1.50 bits per heavy atom. The first kappa shape index (κ1) is 16.8. The fourth-order valence-electron chi connectivity index (χ4n) is 1.71. The third-order valence-corrected chi connectivity index (χ3v) is 3.61. The molecule has 0 radical (unpaired) electrons. The van der Waals surface area contributed by atoms with Crippen molar-refractivity contribution in [1.29, 1.82) is 0 Å². The summed E-state index contributed by atoms with van der Waals surface area (Å²) >= 11 is 1.66. The van der Waals surface area contributed by atoms with Gasteiger partial charge in [0.25, 0.3) is 5.91 Å². The molecule has 1 amide bonds. The van der Waals surface area contributed by atoms with E-state index < -0.39 is 5.82 Å². The van der Waals surface area contributed by atoms with Crippen molar-refractivity contribution < 1.29 is 9.18 Å². The monoisotopic (exact) mass is 299 g/mol. The van der Waals surface area contributed by atoms with Gasteiger partial charge in [0, 0.05) is 24.5 Å².